The van der Waals surface area contributed by atoms with Crippen LogP contribution in [0.4, 0.5) is 11.4 Å². The van der Waals surface area contributed by atoms with E-state index < -0.39 is 5.41 Å². The molecule has 1 aliphatic rings. The molecule has 2 N–H and O–H groups in total. The van der Waals surface area contributed by atoms with Crippen molar-refractivity contribution in [3.8, 4) is 0 Å². The lowest BCUT2D eigenvalue weighted by molar-refractivity contribution is -0.131. The van der Waals surface area contributed by atoms with Gasteiger partial charge in [-0.25, -0.2) is 0 Å². The monoisotopic (exact) mass is 336 g/mol. The van der Waals surface area contributed by atoms with Gasteiger partial charge in [0, 0.05) is 11.4 Å². The molecule has 0 atom stereocenters. The molecule has 1 aliphatic carbocycles. The molecule has 0 spiro atoms. The smallest absolute Gasteiger partial charge is 0.240 e. The first-order chi connectivity index (χ1) is 11.8. The number of anilines is 2. The van der Waals surface area contributed by atoms with Crippen molar-refractivity contribution in [3.05, 3.63) is 58.7 Å². The number of benzene rings is 2. The highest BCUT2D eigenvalue weighted by Crippen LogP contribution is 2.47. The van der Waals surface area contributed by atoms with Gasteiger partial charge < -0.3 is 10.6 Å². The van der Waals surface area contributed by atoms with Gasteiger partial charge in [-0.1, -0.05) is 12.1 Å². The molecule has 130 valence electrons. The van der Waals surface area contributed by atoms with Crippen molar-refractivity contribution < 1.29 is 9.59 Å². The van der Waals surface area contributed by atoms with E-state index in [0.29, 0.717) is 12.8 Å². The maximum absolute atomic E-state index is 12.7. The zero-order valence-corrected chi connectivity index (χ0v) is 15.2. The van der Waals surface area contributed by atoms with Crippen LogP contribution in [0.15, 0.2) is 36.4 Å². The lowest BCUT2D eigenvalue weighted by atomic mass is 10.0. The van der Waals surface area contributed by atoms with E-state index in [4.69, 9.17) is 0 Å². The predicted molar refractivity (Wildman–Crippen MR) is 101 cm³/mol. The summed E-state index contributed by atoms with van der Waals surface area (Å²) in [5, 5.41) is 5.82. The van der Waals surface area contributed by atoms with Gasteiger partial charge in [0.15, 0.2) is 0 Å². The Bertz CT molecular complexity index is 831. The molecule has 0 saturated heterocycles. The Morgan fingerprint density at radius 2 is 1.32 bits per heavy atom. The zero-order valence-electron chi connectivity index (χ0n) is 15.2. The molecule has 1 saturated carbocycles. The average Bonchev–Trinajstić information content (AvgIpc) is 3.31. The van der Waals surface area contributed by atoms with E-state index in [1.165, 1.54) is 5.56 Å². The van der Waals surface area contributed by atoms with Crippen LogP contribution in [0, 0.1) is 33.1 Å². The number of rotatable bonds is 4. The minimum atomic E-state index is -0.948. The van der Waals surface area contributed by atoms with Gasteiger partial charge in [0.05, 0.1) is 0 Å². The summed E-state index contributed by atoms with van der Waals surface area (Å²) in [6.45, 7) is 8.01. The van der Waals surface area contributed by atoms with E-state index in [1.807, 2.05) is 58.0 Å². The molecule has 0 heterocycles. The Morgan fingerprint density at radius 1 is 0.760 bits per heavy atom. The summed E-state index contributed by atoms with van der Waals surface area (Å²) in [4.78, 5) is 25.4. The molecule has 4 heteroatoms. The average molecular weight is 336 g/mol. The minimum absolute atomic E-state index is 0.223. The molecule has 3 rings (SSSR count). The van der Waals surface area contributed by atoms with Crippen molar-refractivity contribution in [2.75, 3.05) is 10.6 Å². The van der Waals surface area contributed by atoms with Gasteiger partial charge in [-0.15, -0.1) is 0 Å². The van der Waals surface area contributed by atoms with Crippen molar-refractivity contribution in [2.45, 2.75) is 40.5 Å². The van der Waals surface area contributed by atoms with Crippen LogP contribution in [-0.2, 0) is 9.59 Å². The lowest BCUT2D eigenvalue weighted by Crippen LogP contribution is -2.35. The molecule has 0 aromatic heterocycles. The Balaban J connectivity index is 1.73. The second kappa shape index (κ2) is 6.36. The van der Waals surface area contributed by atoms with Gasteiger partial charge in [0.2, 0.25) is 11.8 Å². The molecule has 2 amide bonds. The maximum Gasteiger partial charge on any atom is 0.240 e. The van der Waals surface area contributed by atoms with E-state index in [1.54, 1.807) is 0 Å². The molecule has 0 aliphatic heterocycles. The molecule has 0 unspecified atom stereocenters. The summed E-state index contributed by atoms with van der Waals surface area (Å²) in [5.41, 5.74) is 4.98. The Labute approximate surface area is 148 Å². The molecular weight excluding hydrogens is 312 g/mol. The molecular formula is C21H24N2O2. The van der Waals surface area contributed by atoms with E-state index in [9.17, 15) is 9.59 Å². The largest absolute Gasteiger partial charge is 0.325 e. The van der Waals surface area contributed by atoms with Crippen molar-refractivity contribution >= 4 is 23.2 Å². The number of nitrogens with one attached hydrogen (secondary N) is 2. The number of hydrogen-bond donors (Lipinski definition) is 2. The molecule has 0 bridgehead atoms. The third kappa shape index (κ3) is 3.58. The van der Waals surface area contributed by atoms with Crippen molar-refractivity contribution in [2.24, 2.45) is 5.41 Å². The number of carbonyl (C=O) groups is 2. The maximum atomic E-state index is 12.7. The number of hydrogen-bond acceptors (Lipinski definition) is 2. The Morgan fingerprint density at radius 3 is 1.84 bits per heavy atom. The summed E-state index contributed by atoms with van der Waals surface area (Å²) >= 11 is 0. The van der Waals surface area contributed by atoms with E-state index in [2.05, 4.69) is 16.7 Å². The second-order valence-corrected chi connectivity index (χ2v) is 7.17. The number of carbonyl (C=O) groups excluding carboxylic acids is 2. The predicted octanol–water partition coefficient (Wildman–Crippen LogP) is 4.28. The first-order valence-corrected chi connectivity index (χ1v) is 8.59. The van der Waals surface area contributed by atoms with Crippen LogP contribution in [0.3, 0.4) is 0 Å². The second-order valence-electron chi connectivity index (χ2n) is 7.17. The fourth-order valence-corrected chi connectivity index (χ4v) is 3.05. The van der Waals surface area contributed by atoms with Gasteiger partial charge in [-0.05, 0) is 87.1 Å². The lowest BCUT2D eigenvalue weighted by Gasteiger charge is -2.16. The molecule has 2 aromatic rings. The molecule has 1 fully saturated rings. The van der Waals surface area contributed by atoms with Gasteiger partial charge in [-0.2, -0.15) is 0 Å². The Hall–Kier alpha value is -2.62. The molecule has 4 nitrogen and oxygen atoms in total. The van der Waals surface area contributed by atoms with Crippen molar-refractivity contribution in [3.63, 3.8) is 0 Å². The summed E-state index contributed by atoms with van der Waals surface area (Å²) in [6, 6.07) is 11.7. The SMILES string of the molecule is Cc1cc(C)cc(NC(=O)C2(C(=O)Nc3ccc(C)c(C)c3)CC2)c1. The van der Waals surface area contributed by atoms with Crippen molar-refractivity contribution in [1.82, 2.24) is 0 Å². The molecule has 0 radical (unpaired) electrons. The third-order valence-electron chi connectivity index (χ3n) is 4.86. The zero-order chi connectivity index (χ0) is 18.2. The van der Waals surface area contributed by atoms with Gasteiger partial charge >= 0.3 is 0 Å². The van der Waals surface area contributed by atoms with Crippen LogP contribution in [-0.4, -0.2) is 11.8 Å². The van der Waals surface area contributed by atoms with E-state index in [0.717, 1.165) is 28.1 Å². The van der Waals surface area contributed by atoms with Crippen molar-refractivity contribution in [1.29, 1.82) is 0 Å². The topological polar surface area (TPSA) is 58.2 Å². The third-order valence-corrected chi connectivity index (χ3v) is 4.86. The summed E-state index contributed by atoms with van der Waals surface area (Å²) in [7, 11) is 0. The quantitative estimate of drug-likeness (QED) is 0.819. The molecule has 2 aromatic carbocycles. The van der Waals surface area contributed by atoms with E-state index >= 15 is 0 Å². The van der Waals surface area contributed by atoms with Gasteiger partial charge in [0.1, 0.15) is 5.41 Å². The van der Waals surface area contributed by atoms with Crippen LogP contribution in [0.2, 0.25) is 0 Å². The summed E-state index contributed by atoms with van der Waals surface area (Å²) in [5.74, 6) is -0.448. The van der Waals surface area contributed by atoms with Gasteiger partial charge in [-0.3, -0.25) is 9.59 Å². The highest BCUT2D eigenvalue weighted by atomic mass is 16.2. The summed E-state index contributed by atoms with van der Waals surface area (Å²) < 4.78 is 0. The first kappa shape index (κ1) is 17.2. The fraction of sp³-hybridized carbons (Fsp3) is 0.333. The van der Waals surface area contributed by atoms with Crippen LogP contribution in [0.25, 0.3) is 0 Å². The van der Waals surface area contributed by atoms with Crippen LogP contribution in [0.5, 0.6) is 0 Å². The van der Waals surface area contributed by atoms with E-state index in [-0.39, 0.29) is 11.8 Å². The number of amides is 2. The Kier molecular flexibility index (Phi) is 4.38. The first-order valence-electron chi connectivity index (χ1n) is 8.59. The standard InChI is InChI=1S/C21H24N2O2/c1-13-9-14(2)11-18(10-13)23-20(25)21(7-8-21)19(24)22-17-6-5-15(3)16(4)12-17/h5-6,9-12H,7-8H2,1-4H3,(H,22,24)(H,23,25). The molecule has 25 heavy (non-hydrogen) atoms. The van der Waals surface area contributed by atoms with Crippen LogP contribution >= 0.6 is 0 Å². The number of aryl methyl sites for hydroxylation is 4. The van der Waals surface area contributed by atoms with Crippen LogP contribution < -0.4 is 10.6 Å². The fourth-order valence-electron chi connectivity index (χ4n) is 3.05. The minimum Gasteiger partial charge on any atom is -0.325 e. The highest BCUT2D eigenvalue weighted by Gasteiger charge is 2.56. The normalized spacial score (nSPS) is 14.7. The highest BCUT2D eigenvalue weighted by molar-refractivity contribution is 6.16. The van der Waals surface area contributed by atoms with Gasteiger partial charge in [0.25, 0.3) is 0 Å². The summed E-state index contributed by atoms with van der Waals surface area (Å²) in [6.07, 6.45) is 1.17. The van der Waals surface area contributed by atoms with Crippen LogP contribution in [0.1, 0.15) is 35.1 Å².